The van der Waals surface area contributed by atoms with Gasteiger partial charge in [-0.25, -0.2) is 4.39 Å². The topological polar surface area (TPSA) is 12.0 Å². The number of halogens is 1. The fourth-order valence-electron chi connectivity index (χ4n) is 2.69. The molecule has 2 aliphatic rings. The Morgan fingerprint density at radius 3 is 2.36 bits per heavy atom. The Balaban J connectivity index is 1.76. The molecule has 82 valence electrons. The van der Waals surface area contributed by atoms with Crippen molar-refractivity contribution in [2.45, 2.75) is 70.1 Å². The van der Waals surface area contributed by atoms with Gasteiger partial charge in [0.2, 0.25) is 0 Å². The molecule has 0 bridgehead atoms. The van der Waals surface area contributed by atoms with Gasteiger partial charge in [-0.05, 0) is 38.5 Å². The van der Waals surface area contributed by atoms with Crippen LogP contribution in [0.3, 0.4) is 0 Å². The zero-order chi connectivity index (χ0) is 9.97. The second-order valence-corrected chi connectivity index (χ2v) is 5.05. The smallest absolute Gasteiger partial charge is 0.115 e. The van der Waals surface area contributed by atoms with Gasteiger partial charge in [0, 0.05) is 12.1 Å². The van der Waals surface area contributed by atoms with Gasteiger partial charge in [0.05, 0.1) is 0 Å². The van der Waals surface area contributed by atoms with Crippen LogP contribution in [0.4, 0.5) is 4.39 Å². The second kappa shape index (κ2) is 4.61. The Morgan fingerprint density at radius 1 is 1.07 bits per heavy atom. The Morgan fingerprint density at radius 2 is 1.79 bits per heavy atom. The minimum absolute atomic E-state index is 0.152. The number of nitrogens with one attached hydrogen (secondary N) is 1. The average molecular weight is 199 g/mol. The maximum atomic E-state index is 13.5. The summed E-state index contributed by atoms with van der Waals surface area (Å²) in [4.78, 5) is 0. The lowest BCUT2D eigenvalue weighted by Gasteiger charge is -2.37. The summed E-state index contributed by atoms with van der Waals surface area (Å²) in [6, 6.07) is 0.685. The first-order chi connectivity index (χ1) is 6.77. The molecule has 14 heavy (non-hydrogen) atoms. The van der Waals surface area contributed by atoms with Gasteiger partial charge in [-0.2, -0.15) is 0 Å². The Hall–Kier alpha value is -0.110. The first kappa shape index (κ1) is 10.4. The molecule has 2 saturated carbocycles. The third-order valence-corrected chi connectivity index (χ3v) is 4.02. The van der Waals surface area contributed by atoms with E-state index in [0.29, 0.717) is 6.04 Å². The van der Waals surface area contributed by atoms with Crippen molar-refractivity contribution in [3.05, 3.63) is 0 Å². The molecule has 0 aromatic heterocycles. The molecule has 1 N–H and O–H groups in total. The fourth-order valence-corrected chi connectivity index (χ4v) is 2.69. The largest absolute Gasteiger partial charge is 0.308 e. The van der Waals surface area contributed by atoms with E-state index in [0.717, 1.165) is 25.2 Å². The Bertz CT molecular complexity index is 179. The van der Waals surface area contributed by atoms with Gasteiger partial charge in [-0.15, -0.1) is 0 Å². The molecular formula is C12H22FN. The predicted octanol–water partition coefficient (Wildman–Crippen LogP) is 3.05. The van der Waals surface area contributed by atoms with Gasteiger partial charge in [0.15, 0.2) is 0 Å². The molecule has 0 radical (unpaired) electrons. The van der Waals surface area contributed by atoms with Gasteiger partial charge in [-0.1, -0.05) is 19.3 Å². The zero-order valence-electron chi connectivity index (χ0n) is 9.14. The lowest BCUT2D eigenvalue weighted by atomic mass is 9.79. The van der Waals surface area contributed by atoms with Gasteiger partial charge >= 0.3 is 0 Å². The standard InChI is InChI=1S/C12H22FN/c1-9(10-5-4-6-10)14-12-8-3-2-7-11(12)13/h9-12,14H,2-8H2,1H3/t9?,11-,12-/m1/s1. The maximum absolute atomic E-state index is 13.5. The van der Waals surface area contributed by atoms with Crippen molar-refractivity contribution in [1.82, 2.24) is 5.32 Å². The van der Waals surface area contributed by atoms with Gasteiger partial charge in [0.25, 0.3) is 0 Å². The van der Waals surface area contributed by atoms with E-state index in [1.165, 1.54) is 25.7 Å². The molecule has 0 spiro atoms. The van der Waals surface area contributed by atoms with E-state index < -0.39 is 6.17 Å². The molecule has 0 saturated heterocycles. The van der Waals surface area contributed by atoms with E-state index in [4.69, 9.17) is 0 Å². The molecule has 0 aromatic rings. The van der Waals surface area contributed by atoms with E-state index in [2.05, 4.69) is 12.2 Å². The molecule has 0 aromatic carbocycles. The highest BCUT2D eigenvalue weighted by atomic mass is 19.1. The van der Waals surface area contributed by atoms with Crippen LogP contribution in [0.25, 0.3) is 0 Å². The first-order valence-electron chi connectivity index (χ1n) is 6.17. The predicted molar refractivity (Wildman–Crippen MR) is 57.1 cm³/mol. The van der Waals surface area contributed by atoms with E-state index in [1.54, 1.807) is 0 Å². The Kier molecular flexibility index (Phi) is 3.42. The van der Waals surface area contributed by atoms with Crippen molar-refractivity contribution in [2.75, 3.05) is 0 Å². The third kappa shape index (κ3) is 2.28. The van der Waals surface area contributed by atoms with Crippen molar-refractivity contribution in [1.29, 1.82) is 0 Å². The molecule has 1 unspecified atom stereocenters. The van der Waals surface area contributed by atoms with Crippen molar-refractivity contribution in [3.8, 4) is 0 Å². The van der Waals surface area contributed by atoms with Gasteiger partial charge < -0.3 is 5.32 Å². The monoisotopic (exact) mass is 199 g/mol. The highest BCUT2D eigenvalue weighted by Crippen LogP contribution is 2.31. The summed E-state index contributed by atoms with van der Waals surface area (Å²) in [5.74, 6) is 0.823. The summed E-state index contributed by atoms with van der Waals surface area (Å²) in [6.07, 6.45) is 7.57. The SMILES string of the molecule is CC(N[C@@H]1CCCC[C@H]1F)C1CCC1. The minimum Gasteiger partial charge on any atom is -0.308 e. The molecule has 0 heterocycles. The van der Waals surface area contributed by atoms with Crippen LogP contribution in [-0.4, -0.2) is 18.3 Å². The van der Waals surface area contributed by atoms with Crippen LogP contribution in [0.1, 0.15) is 51.9 Å². The number of rotatable bonds is 3. The van der Waals surface area contributed by atoms with Crippen molar-refractivity contribution in [3.63, 3.8) is 0 Å². The number of alkyl halides is 1. The molecule has 2 aliphatic carbocycles. The van der Waals surface area contributed by atoms with Gasteiger partial charge in [0.1, 0.15) is 6.17 Å². The normalized spacial score (nSPS) is 36.4. The molecule has 3 atom stereocenters. The summed E-state index contributed by atoms with van der Waals surface area (Å²) in [6.45, 7) is 2.23. The summed E-state index contributed by atoms with van der Waals surface area (Å²) < 4.78 is 13.5. The quantitative estimate of drug-likeness (QED) is 0.736. The molecule has 0 amide bonds. The van der Waals surface area contributed by atoms with Crippen LogP contribution in [0.5, 0.6) is 0 Å². The summed E-state index contributed by atoms with van der Waals surface area (Å²) in [7, 11) is 0. The minimum atomic E-state index is -0.591. The van der Waals surface area contributed by atoms with E-state index in [9.17, 15) is 4.39 Å². The van der Waals surface area contributed by atoms with Crippen LogP contribution < -0.4 is 5.32 Å². The Labute approximate surface area is 86.5 Å². The molecular weight excluding hydrogens is 177 g/mol. The van der Waals surface area contributed by atoms with E-state index in [1.807, 2.05) is 0 Å². The molecule has 2 heteroatoms. The maximum Gasteiger partial charge on any atom is 0.115 e. The third-order valence-electron chi connectivity index (χ3n) is 4.02. The molecule has 2 rings (SSSR count). The fraction of sp³-hybridized carbons (Fsp3) is 1.00. The van der Waals surface area contributed by atoms with Crippen molar-refractivity contribution >= 4 is 0 Å². The summed E-state index contributed by atoms with van der Waals surface area (Å²) in [5.41, 5.74) is 0. The van der Waals surface area contributed by atoms with Crippen LogP contribution in [-0.2, 0) is 0 Å². The van der Waals surface area contributed by atoms with E-state index in [-0.39, 0.29) is 6.04 Å². The highest BCUT2D eigenvalue weighted by Gasteiger charge is 2.30. The second-order valence-electron chi connectivity index (χ2n) is 5.05. The van der Waals surface area contributed by atoms with Crippen LogP contribution in [0, 0.1) is 5.92 Å². The van der Waals surface area contributed by atoms with Crippen LogP contribution in [0.2, 0.25) is 0 Å². The van der Waals surface area contributed by atoms with Crippen molar-refractivity contribution < 1.29 is 4.39 Å². The van der Waals surface area contributed by atoms with Crippen LogP contribution >= 0.6 is 0 Å². The average Bonchev–Trinajstić information content (AvgIpc) is 2.05. The summed E-state index contributed by atoms with van der Waals surface area (Å²) >= 11 is 0. The first-order valence-corrected chi connectivity index (χ1v) is 6.17. The number of hydrogen-bond donors (Lipinski definition) is 1. The molecule has 2 fully saturated rings. The lowest BCUT2D eigenvalue weighted by Crippen LogP contribution is -2.48. The van der Waals surface area contributed by atoms with Crippen LogP contribution in [0.15, 0.2) is 0 Å². The van der Waals surface area contributed by atoms with E-state index >= 15 is 0 Å². The molecule has 1 nitrogen and oxygen atoms in total. The van der Waals surface area contributed by atoms with Gasteiger partial charge in [-0.3, -0.25) is 0 Å². The summed E-state index contributed by atoms with van der Waals surface area (Å²) in [5, 5.41) is 3.50. The number of hydrogen-bond acceptors (Lipinski definition) is 1. The molecule has 0 aliphatic heterocycles. The zero-order valence-corrected chi connectivity index (χ0v) is 9.14. The lowest BCUT2D eigenvalue weighted by molar-refractivity contribution is 0.148. The highest BCUT2D eigenvalue weighted by molar-refractivity contribution is 4.87. The van der Waals surface area contributed by atoms with Crippen molar-refractivity contribution in [2.24, 2.45) is 5.92 Å².